The summed E-state index contributed by atoms with van der Waals surface area (Å²) in [6.07, 6.45) is 1.82. The third-order valence-corrected chi connectivity index (χ3v) is 2.83. The number of rotatable bonds is 5. The minimum absolute atomic E-state index is 0.464. The number of hydrogen-bond acceptors (Lipinski definition) is 4. The molecule has 4 nitrogen and oxygen atoms in total. The van der Waals surface area contributed by atoms with Gasteiger partial charge >= 0.3 is 0 Å². The highest BCUT2D eigenvalue weighted by Crippen LogP contribution is 2.28. The lowest BCUT2D eigenvalue weighted by molar-refractivity contribution is 0.284. The minimum atomic E-state index is 0.464. The molecule has 19 heavy (non-hydrogen) atoms. The molecule has 2 N–H and O–H groups in total. The Hall–Kier alpha value is -2.07. The smallest absolute Gasteiger partial charge is 0.161 e. The van der Waals surface area contributed by atoms with Crippen molar-refractivity contribution in [2.45, 2.75) is 20.1 Å². The van der Waals surface area contributed by atoms with E-state index in [4.69, 9.17) is 15.2 Å². The lowest BCUT2D eigenvalue weighted by Gasteiger charge is -2.11. The summed E-state index contributed by atoms with van der Waals surface area (Å²) in [5.41, 5.74) is 8.63. The van der Waals surface area contributed by atoms with E-state index in [0.29, 0.717) is 24.7 Å². The highest BCUT2D eigenvalue weighted by molar-refractivity contribution is 5.43. The molecule has 0 unspecified atom stereocenters. The van der Waals surface area contributed by atoms with E-state index in [1.807, 2.05) is 43.5 Å². The second-order valence-corrected chi connectivity index (χ2v) is 4.29. The molecule has 100 valence electrons. The lowest BCUT2D eigenvalue weighted by atomic mass is 10.2. The average molecular weight is 258 g/mol. The maximum atomic E-state index is 5.75. The van der Waals surface area contributed by atoms with E-state index in [0.717, 1.165) is 16.8 Å². The van der Waals surface area contributed by atoms with Crippen LogP contribution in [0.3, 0.4) is 0 Å². The first kappa shape index (κ1) is 13.4. The first-order chi connectivity index (χ1) is 9.22. The molecular weight excluding hydrogens is 240 g/mol. The fraction of sp³-hybridized carbons (Fsp3) is 0.267. The van der Waals surface area contributed by atoms with Crippen molar-refractivity contribution < 1.29 is 9.47 Å². The summed E-state index contributed by atoms with van der Waals surface area (Å²) in [5, 5.41) is 0. The van der Waals surface area contributed by atoms with Crippen molar-refractivity contribution in [2.24, 2.45) is 5.73 Å². The topological polar surface area (TPSA) is 57.4 Å². The molecule has 0 aliphatic heterocycles. The van der Waals surface area contributed by atoms with Crippen LogP contribution in [0.2, 0.25) is 0 Å². The number of aromatic nitrogens is 1. The van der Waals surface area contributed by atoms with E-state index in [2.05, 4.69) is 4.98 Å². The highest BCUT2D eigenvalue weighted by atomic mass is 16.5. The van der Waals surface area contributed by atoms with E-state index in [9.17, 15) is 0 Å². The van der Waals surface area contributed by atoms with Crippen molar-refractivity contribution in [3.63, 3.8) is 0 Å². The van der Waals surface area contributed by atoms with Crippen LogP contribution in [0, 0.1) is 6.92 Å². The van der Waals surface area contributed by atoms with Gasteiger partial charge in [-0.05, 0) is 30.7 Å². The first-order valence-corrected chi connectivity index (χ1v) is 6.14. The zero-order chi connectivity index (χ0) is 13.7. The Morgan fingerprint density at radius 1 is 1.11 bits per heavy atom. The molecule has 0 saturated heterocycles. The molecule has 0 aliphatic rings. The van der Waals surface area contributed by atoms with E-state index >= 15 is 0 Å². The predicted molar refractivity (Wildman–Crippen MR) is 74.2 cm³/mol. The summed E-state index contributed by atoms with van der Waals surface area (Å²) in [7, 11) is 1.62. The summed E-state index contributed by atoms with van der Waals surface area (Å²) >= 11 is 0. The van der Waals surface area contributed by atoms with Gasteiger partial charge in [0.25, 0.3) is 0 Å². The van der Waals surface area contributed by atoms with Gasteiger partial charge in [0.05, 0.1) is 7.11 Å². The molecule has 0 atom stereocenters. The predicted octanol–water partition coefficient (Wildman–Crippen LogP) is 2.44. The average Bonchev–Trinajstić information content (AvgIpc) is 2.46. The maximum Gasteiger partial charge on any atom is 0.161 e. The fourth-order valence-corrected chi connectivity index (χ4v) is 1.70. The SMILES string of the molecule is COc1cc(CN)ccc1OCc1ccc(C)nc1. The molecular formula is C15H18N2O2. The van der Waals surface area contributed by atoms with Gasteiger partial charge in [-0.2, -0.15) is 0 Å². The standard InChI is InChI=1S/C15H18N2O2/c1-11-3-4-13(9-17-11)10-19-14-6-5-12(8-16)7-15(14)18-2/h3-7,9H,8,10,16H2,1-2H3. The van der Waals surface area contributed by atoms with Gasteiger partial charge in [0, 0.05) is 24.0 Å². The number of hydrogen-bond donors (Lipinski definition) is 1. The highest BCUT2D eigenvalue weighted by Gasteiger charge is 2.05. The fourth-order valence-electron chi connectivity index (χ4n) is 1.70. The normalized spacial score (nSPS) is 10.3. The zero-order valence-corrected chi connectivity index (χ0v) is 11.2. The summed E-state index contributed by atoms with van der Waals surface area (Å²) in [4.78, 5) is 4.23. The van der Waals surface area contributed by atoms with Gasteiger partial charge < -0.3 is 15.2 Å². The molecule has 0 amide bonds. The van der Waals surface area contributed by atoms with Crippen molar-refractivity contribution in [3.8, 4) is 11.5 Å². The number of pyridine rings is 1. The lowest BCUT2D eigenvalue weighted by Crippen LogP contribution is -2.01. The van der Waals surface area contributed by atoms with Crippen LogP contribution in [-0.2, 0) is 13.2 Å². The van der Waals surface area contributed by atoms with Crippen molar-refractivity contribution in [3.05, 3.63) is 53.3 Å². The van der Waals surface area contributed by atoms with Crippen LogP contribution in [0.4, 0.5) is 0 Å². The molecule has 4 heteroatoms. The molecule has 1 aromatic carbocycles. The zero-order valence-electron chi connectivity index (χ0n) is 11.2. The molecule has 2 aromatic rings. The quantitative estimate of drug-likeness (QED) is 0.895. The van der Waals surface area contributed by atoms with Gasteiger partial charge in [-0.25, -0.2) is 0 Å². The van der Waals surface area contributed by atoms with E-state index in [1.165, 1.54) is 0 Å². The van der Waals surface area contributed by atoms with Crippen LogP contribution in [0.15, 0.2) is 36.5 Å². The largest absolute Gasteiger partial charge is 0.493 e. The molecule has 1 heterocycles. The van der Waals surface area contributed by atoms with Gasteiger partial charge in [-0.1, -0.05) is 12.1 Å². The third-order valence-electron chi connectivity index (χ3n) is 2.83. The Bertz CT molecular complexity index is 538. The van der Waals surface area contributed by atoms with Crippen LogP contribution in [0.1, 0.15) is 16.8 Å². The van der Waals surface area contributed by atoms with Crippen LogP contribution >= 0.6 is 0 Å². The molecule has 0 radical (unpaired) electrons. The van der Waals surface area contributed by atoms with Crippen molar-refractivity contribution in [2.75, 3.05) is 7.11 Å². The maximum absolute atomic E-state index is 5.75. The molecule has 0 saturated carbocycles. The summed E-state index contributed by atoms with van der Waals surface area (Å²) in [6, 6.07) is 9.67. The minimum Gasteiger partial charge on any atom is -0.493 e. The van der Waals surface area contributed by atoms with Crippen molar-refractivity contribution >= 4 is 0 Å². The third kappa shape index (κ3) is 3.45. The van der Waals surface area contributed by atoms with Gasteiger partial charge in [-0.3, -0.25) is 4.98 Å². The van der Waals surface area contributed by atoms with Gasteiger partial charge in [0.1, 0.15) is 6.61 Å². The Balaban J connectivity index is 2.08. The van der Waals surface area contributed by atoms with E-state index in [-0.39, 0.29) is 0 Å². The van der Waals surface area contributed by atoms with Crippen LogP contribution < -0.4 is 15.2 Å². The molecule has 0 aliphatic carbocycles. The number of ether oxygens (including phenoxy) is 2. The van der Waals surface area contributed by atoms with Crippen molar-refractivity contribution in [1.29, 1.82) is 0 Å². The second-order valence-electron chi connectivity index (χ2n) is 4.29. The van der Waals surface area contributed by atoms with Gasteiger partial charge in [0.15, 0.2) is 11.5 Å². The molecule has 2 rings (SSSR count). The summed E-state index contributed by atoms with van der Waals surface area (Å²) < 4.78 is 11.0. The summed E-state index contributed by atoms with van der Waals surface area (Å²) in [5.74, 6) is 1.41. The Labute approximate surface area is 113 Å². The number of benzene rings is 1. The first-order valence-electron chi connectivity index (χ1n) is 6.14. The Morgan fingerprint density at radius 3 is 2.53 bits per heavy atom. The molecule has 0 bridgehead atoms. The van der Waals surface area contributed by atoms with Gasteiger partial charge in [-0.15, -0.1) is 0 Å². The Morgan fingerprint density at radius 2 is 1.89 bits per heavy atom. The van der Waals surface area contributed by atoms with Crippen LogP contribution in [0.5, 0.6) is 11.5 Å². The molecule has 0 fully saturated rings. The Kier molecular flexibility index (Phi) is 4.36. The van der Waals surface area contributed by atoms with Crippen molar-refractivity contribution in [1.82, 2.24) is 4.98 Å². The monoisotopic (exact) mass is 258 g/mol. The van der Waals surface area contributed by atoms with Crippen LogP contribution in [0.25, 0.3) is 0 Å². The summed E-state index contributed by atoms with van der Waals surface area (Å²) in [6.45, 7) is 2.91. The van der Waals surface area contributed by atoms with E-state index in [1.54, 1.807) is 7.11 Å². The van der Waals surface area contributed by atoms with Crippen LogP contribution in [-0.4, -0.2) is 12.1 Å². The number of methoxy groups -OCH3 is 1. The molecule has 0 spiro atoms. The number of nitrogens with zero attached hydrogens (tertiary/aromatic N) is 1. The number of nitrogens with two attached hydrogens (primary N) is 1. The van der Waals surface area contributed by atoms with Gasteiger partial charge in [0.2, 0.25) is 0 Å². The van der Waals surface area contributed by atoms with E-state index < -0.39 is 0 Å². The second kappa shape index (κ2) is 6.20. The number of aryl methyl sites for hydroxylation is 1. The molecule has 1 aromatic heterocycles.